The molecule has 4 rings (SSSR count). The lowest BCUT2D eigenvalue weighted by atomic mass is 10.1. The van der Waals surface area contributed by atoms with Crippen LogP contribution in [0.15, 0.2) is 40.9 Å². The Morgan fingerprint density at radius 2 is 1.93 bits per heavy atom. The summed E-state index contributed by atoms with van der Waals surface area (Å²) in [5.41, 5.74) is 9.13. The van der Waals surface area contributed by atoms with Gasteiger partial charge in [0.15, 0.2) is 5.76 Å². The van der Waals surface area contributed by atoms with Crippen LogP contribution >= 0.6 is 0 Å². The molecule has 0 atom stereocenters. The fourth-order valence-electron chi connectivity index (χ4n) is 3.34. The number of nitrogens with one attached hydrogen (secondary N) is 1. The van der Waals surface area contributed by atoms with E-state index in [0.29, 0.717) is 34.6 Å². The molecule has 0 saturated carbocycles. The van der Waals surface area contributed by atoms with Gasteiger partial charge in [-0.25, -0.2) is 4.98 Å². The first-order valence-corrected chi connectivity index (χ1v) is 9.30. The van der Waals surface area contributed by atoms with Crippen molar-refractivity contribution in [2.75, 3.05) is 5.32 Å². The molecule has 0 fully saturated rings. The number of rotatable bonds is 5. The van der Waals surface area contributed by atoms with E-state index >= 15 is 0 Å². The van der Waals surface area contributed by atoms with Crippen LogP contribution in [0.4, 0.5) is 5.69 Å². The zero-order chi connectivity index (χ0) is 21.4. The number of para-hydroxylation sites is 1. The number of hydrogen-bond donors (Lipinski definition) is 2. The molecule has 2 amide bonds. The molecule has 0 saturated heterocycles. The number of pyridine rings is 1. The van der Waals surface area contributed by atoms with E-state index in [1.165, 1.54) is 6.07 Å². The average Bonchev–Trinajstić information content (AvgIpc) is 3.24. The van der Waals surface area contributed by atoms with E-state index in [-0.39, 0.29) is 11.3 Å². The second-order valence-electron chi connectivity index (χ2n) is 7.03. The number of amides is 2. The zero-order valence-corrected chi connectivity index (χ0v) is 16.8. The van der Waals surface area contributed by atoms with Crippen LogP contribution < -0.4 is 11.1 Å². The number of carbonyl (C=O) groups is 2. The first-order chi connectivity index (χ1) is 14.3. The van der Waals surface area contributed by atoms with Crippen molar-refractivity contribution in [3.8, 4) is 0 Å². The molecule has 0 unspecified atom stereocenters. The fourth-order valence-corrected chi connectivity index (χ4v) is 3.34. The van der Waals surface area contributed by atoms with Gasteiger partial charge in [-0.1, -0.05) is 23.4 Å². The van der Waals surface area contributed by atoms with Crippen molar-refractivity contribution >= 4 is 28.4 Å². The van der Waals surface area contributed by atoms with Crippen molar-refractivity contribution in [3.63, 3.8) is 0 Å². The third-order valence-corrected chi connectivity index (χ3v) is 4.82. The highest BCUT2D eigenvalue weighted by Crippen LogP contribution is 2.23. The summed E-state index contributed by atoms with van der Waals surface area (Å²) in [5, 5.41) is 11.8. The van der Waals surface area contributed by atoms with Gasteiger partial charge in [0.1, 0.15) is 12.2 Å². The molecular weight excluding hydrogens is 384 g/mol. The molecule has 30 heavy (non-hydrogen) atoms. The van der Waals surface area contributed by atoms with Gasteiger partial charge in [-0.3, -0.25) is 14.3 Å². The van der Waals surface area contributed by atoms with Gasteiger partial charge in [0.2, 0.25) is 5.91 Å². The molecular formula is C21H20N6O3. The Bertz CT molecular complexity index is 1290. The average molecular weight is 404 g/mol. The predicted octanol–water partition coefficient (Wildman–Crippen LogP) is 2.74. The Morgan fingerprint density at radius 3 is 2.63 bits per heavy atom. The van der Waals surface area contributed by atoms with Crippen molar-refractivity contribution < 1.29 is 14.1 Å². The maximum Gasteiger partial charge on any atom is 0.274 e. The van der Waals surface area contributed by atoms with Crippen LogP contribution in [0.25, 0.3) is 10.9 Å². The van der Waals surface area contributed by atoms with Crippen LogP contribution in [0, 0.1) is 20.8 Å². The van der Waals surface area contributed by atoms with Crippen LogP contribution in [0.2, 0.25) is 0 Å². The largest absolute Gasteiger partial charge is 0.366 e. The lowest BCUT2D eigenvalue weighted by Crippen LogP contribution is -2.18. The molecule has 1 aromatic carbocycles. The Balaban J connectivity index is 1.65. The van der Waals surface area contributed by atoms with Crippen LogP contribution in [-0.2, 0) is 6.54 Å². The molecule has 152 valence electrons. The number of anilines is 1. The summed E-state index contributed by atoms with van der Waals surface area (Å²) in [6, 6.07) is 10.3. The van der Waals surface area contributed by atoms with Gasteiger partial charge in [0.05, 0.1) is 33.8 Å². The summed E-state index contributed by atoms with van der Waals surface area (Å²) in [6.45, 7) is 5.88. The van der Waals surface area contributed by atoms with Crippen LogP contribution in [0.3, 0.4) is 0 Å². The van der Waals surface area contributed by atoms with Crippen LogP contribution in [-0.4, -0.2) is 31.7 Å². The summed E-state index contributed by atoms with van der Waals surface area (Å²) in [4.78, 5) is 29.2. The van der Waals surface area contributed by atoms with Crippen molar-refractivity contribution in [1.29, 1.82) is 0 Å². The minimum atomic E-state index is -0.620. The number of aryl methyl sites for hydroxylation is 2. The minimum absolute atomic E-state index is 0.0971. The zero-order valence-electron chi connectivity index (χ0n) is 16.8. The molecule has 9 heteroatoms. The van der Waals surface area contributed by atoms with Crippen LogP contribution in [0.5, 0.6) is 0 Å². The quantitative estimate of drug-likeness (QED) is 0.526. The maximum absolute atomic E-state index is 12.9. The van der Waals surface area contributed by atoms with Gasteiger partial charge in [-0.15, -0.1) is 0 Å². The monoisotopic (exact) mass is 404 g/mol. The molecule has 3 heterocycles. The van der Waals surface area contributed by atoms with Gasteiger partial charge in [0, 0.05) is 11.5 Å². The standard InChI is InChI=1S/C21H20N6O3/c1-11-8-14(30-26-11)10-27-13(3)19(12(2)25-27)24-21(29)18-9-16(20(22)28)15-6-4-5-7-17(15)23-18/h4-9H,10H2,1-3H3,(H2,22,28)(H,24,29). The van der Waals surface area contributed by atoms with Crippen LogP contribution in [0.1, 0.15) is 43.7 Å². The van der Waals surface area contributed by atoms with E-state index in [9.17, 15) is 9.59 Å². The normalized spacial score (nSPS) is 11.0. The number of nitrogens with zero attached hydrogens (tertiary/aromatic N) is 4. The number of primary amides is 1. The predicted molar refractivity (Wildman–Crippen MR) is 110 cm³/mol. The van der Waals surface area contributed by atoms with E-state index in [1.54, 1.807) is 35.9 Å². The molecule has 3 N–H and O–H groups in total. The lowest BCUT2D eigenvalue weighted by molar-refractivity contribution is 0.100. The molecule has 4 aromatic rings. The van der Waals surface area contributed by atoms with Gasteiger partial charge in [0.25, 0.3) is 5.91 Å². The summed E-state index contributed by atoms with van der Waals surface area (Å²) >= 11 is 0. The number of hydrogen-bond acceptors (Lipinski definition) is 6. The van der Waals surface area contributed by atoms with E-state index in [4.69, 9.17) is 10.3 Å². The second kappa shape index (κ2) is 7.43. The van der Waals surface area contributed by atoms with Crippen molar-refractivity contribution in [2.24, 2.45) is 5.73 Å². The van der Waals surface area contributed by atoms with E-state index in [1.807, 2.05) is 19.9 Å². The first kappa shape index (κ1) is 19.3. The molecule has 9 nitrogen and oxygen atoms in total. The number of aromatic nitrogens is 4. The summed E-state index contributed by atoms with van der Waals surface area (Å²) in [5.74, 6) is -0.409. The SMILES string of the molecule is Cc1cc(Cn2nc(C)c(NC(=O)c3cc(C(N)=O)c4ccccc4n3)c2C)on1. The van der Waals surface area contributed by atoms with Gasteiger partial charge in [-0.2, -0.15) is 5.10 Å². The lowest BCUT2D eigenvalue weighted by Gasteiger charge is -2.09. The molecule has 0 bridgehead atoms. The highest BCUT2D eigenvalue weighted by Gasteiger charge is 2.19. The second-order valence-corrected chi connectivity index (χ2v) is 7.03. The summed E-state index contributed by atoms with van der Waals surface area (Å²) in [6.07, 6.45) is 0. The van der Waals surface area contributed by atoms with Gasteiger partial charge in [-0.05, 0) is 32.9 Å². The third-order valence-electron chi connectivity index (χ3n) is 4.82. The Hall–Kier alpha value is -4.01. The Morgan fingerprint density at radius 1 is 1.17 bits per heavy atom. The molecule has 0 spiro atoms. The van der Waals surface area contributed by atoms with Gasteiger partial charge >= 0.3 is 0 Å². The highest BCUT2D eigenvalue weighted by atomic mass is 16.5. The molecule has 0 aliphatic heterocycles. The van der Waals surface area contributed by atoms with Crippen molar-refractivity contribution in [1.82, 2.24) is 19.9 Å². The minimum Gasteiger partial charge on any atom is -0.366 e. The highest BCUT2D eigenvalue weighted by molar-refractivity contribution is 6.10. The summed E-state index contributed by atoms with van der Waals surface area (Å²) < 4.78 is 6.98. The topological polar surface area (TPSA) is 129 Å². The van der Waals surface area contributed by atoms with E-state index in [0.717, 1.165) is 11.4 Å². The van der Waals surface area contributed by atoms with E-state index in [2.05, 4.69) is 20.6 Å². The smallest absolute Gasteiger partial charge is 0.274 e. The Labute approximate surface area is 171 Å². The molecule has 3 aromatic heterocycles. The molecule has 0 aliphatic carbocycles. The third kappa shape index (κ3) is 3.52. The molecule has 0 aliphatic rings. The number of nitrogens with two attached hydrogens (primary N) is 1. The maximum atomic E-state index is 12.9. The number of fused-ring (bicyclic) bond motifs is 1. The first-order valence-electron chi connectivity index (χ1n) is 9.30. The van der Waals surface area contributed by atoms with E-state index < -0.39 is 11.8 Å². The van der Waals surface area contributed by atoms with Gasteiger partial charge < -0.3 is 15.6 Å². The van der Waals surface area contributed by atoms with Crippen molar-refractivity contribution in [3.05, 3.63) is 70.5 Å². The number of benzene rings is 1. The number of carbonyl (C=O) groups excluding carboxylic acids is 2. The fraction of sp³-hybridized carbons (Fsp3) is 0.190. The Kier molecular flexibility index (Phi) is 4.78. The molecule has 0 radical (unpaired) electrons. The van der Waals surface area contributed by atoms with Crippen molar-refractivity contribution in [2.45, 2.75) is 27.3 Å². The summed E-state index contributed by atoms with van der Waals surface area (Å²) in [7, 11) is 0.